The molecule has 1 aliphatic rings. The lowest BCUT2D eigenvalue weighted by atomic mass is 10.0. The average molecular weight is 433 g/mol. The summed E-state index contributed by atoms with van der Waals surface area (Å²) in [6, 6.07) is 34.9. The first kappa shape index (κ1) is 20.6. The molecule has 0 aliphatic carbocycles. The molecule has 0 saturated heterocycles. The Balaban J connectivity index is 1.57. The Morgan fingerprint density at radius 1 is 0.727 bits per heavy atom. The summed E-state index contributed by atoms with van der Waals surface area (Å²) in [5.74, 6) is 0.197. The molecular formula is C28H21FN4. The summed E-state index contributed by atoms with van der Waals surface area (Å²) in [4.78, 5) is 4.90. The molecular weight excluding hydrogens is 411 g/mol. The van der Waals surface area contributed by atoms with Crippen LogP contribution in [0.2, 0.25) is 0 Å². The maximum atomic E-state index is 13.9. The first-order chi connectivity index (χ1) is 16.2. The van der Waals surface area contributed by atoms with Gasteiger partial charge in [-0.25, -0.2) is 9.38 Å². The van der Waals surface area contributed by atoms with Gasteiger partial charge in [-0.3, -0.25) is 5.32 Å². The summed E-state index contributed by atoms with van der Waals surface area (Å²) >= 11 is 0. The van der Waals surface area contributed by atoms with Crippen molar-refractivity contribution in [1.29, 1.82) is 5.26 Å². The van der Waals surface area contributed by atoms with Crippen molar-refractivity contribution in [3.8, 4) is 17.2 Å². The molecule has 0 bridgehead atoms. The van der Waals surface area contributed by atoms with Crippen molar-refractivity contribution < 1.29 is 4.39 Å². The molecule has 0 spiro atoms. The maximum Gasteiger partial charge on any atom is 0.140 e. The second kappa shape index (κ2) is 9.07. The van der Waals surface area contributed by atoms with Crippen molar-refractivity contribution in [3.63, 3.8) is 0 Å². The minimum Gasteiger partial charge on any atom is -0.350 e. The van der Waals surface area contributed by atoms with Gasteiger partial charge in [0.1, 0.15) is 30.1 Å². The zero-order valence-electron chi connectivity index (χ0n) is 17.7. The first-order valence-corrected chi connectivity index (χ1v) is 10.7. The van der Waals surface area contributed by atoms with Gasteiger partial charge < -0.3 is 5.32 Å². The van der Waals surface area contributed by atoms with E-state index in [-0.39, 0.29) is 11.7 Å². The SMILES string of the molecule is N#Cc1cc(C2N=C(c3cccc(-c4ccccc4)c3)NC(c3ccccc3)N2)ccc1F. The summed E-state index contributed by atoms with van der Waals surface area (Å²) in [5.41, 5.74) is 4.96. The van der Waals surface area contributed by atoms with Crippen molar-refractivity contribution in [2.24, 2.45) is 4.99 Å². The largest absolute Gasteiger partial charge is 0.350 e. The Morgan fingerprint density at radius 2 is 1.42 bits per heavy atom. The highest BCUT2D eigenvalue weighted by atomic mass is 19.1. The second-order valence-electron chi connectivity index (χ2n) is 7.83. The molecule has 0 radical (unpaired) electrons. The van der Waals surface area contributed by atoms with E-state index in [0.29, 0.717) is 0 Å². The van der Waals surface area contributed by atoms with Crippen molar-refractivity contribution in [3.05, 3.63) is 131 Å². The Bertz CT molecular complexity index is 1340. The fourth-order valence-corrected chi connectivity index (χ4v) is 3.97. The normalized spacial score (nSPS) is 17.5. The van der Waals surface area contributed by atoms with Gasteiger partial charge in [-0.15, -0.1) is 0 Å². The van der Waals surface area contributed by atoms with Crippen LogP contribution in [0.5, 0.6) is 0 Å². The van der Waals surface area contributed by atoms with Crippen LogP contribution in [0.15, 0.2) is 108 Å². The lowest BCUT2D eigenvalue weighted by Crippen LogP contribution is -2.45. The van der Waals surface area contributed by atoms with E-state index in [1.807, 2.05) is 66.7 Å². The van der Waals surface area contributed by atoms with Gasteiger partial charge in [0.2, 0.25) is 0 Å². The van der Waals surface area contributed by atoms with Crippen LogP contribution < -0.4 is 10.6 Å². The highest BCUT2D eigenvalue weighted by Crippen LogP contribution is 2.27. The topological polar surface area (TPSA) is 60.2 Å². The molecule has 2 atom stereocenters. The molecule has 1 heterocycles. The predicted molar refractivity (Wildman–Crippen MR) is 128 cm³/mol. The molecule has 2 unspecified atom stereocenters. The van der Waals surface area contributed by atoms with Crippen LogP contribution in [0, 0.1) is 17.1 Å². The number of aliphatic imine (C=N–C) groups is 1. The molecule has 0 aromatic heterocycles. The maximum absolute atomic E-state index is 13.9. The fourth-order valence-electron chi connectivity index (χ4n) is 3.97. The van der Waals surface area contributed by atoms with Gasteiger partial charge in [0.05, 0.1) is 5.56 Å². The molecule has 1 aliphatic heterocycles. The van der Waals surface area contributed by atoms with Crippen LogP contribution in [0.25, 0.3) is 11.1 Å². The number of halogens is 1. The van der Waals surface area contributed by atoms with Crippen LogP contribution in [0.3, 0.4) is 0 Å². The molecule has 0 saturated carbocycles. The van der Waals surface area contributed by atoms with E-state index in [9.17, 15) is 9.65 Å². The highest BCUT2D eigenvalue weighted by molar-refractivity contribution is 6.00. The van der Waals surface area contributed by atoms with Gasteiger partial charge >= 0.3 is 0 Å². The number of nitrogens with one attached hydrogen (secondary N) is 2. The number of hydrogen-bond donors (Lipinski definition) is 2. The van der Waals surface area contributed by atoms with E-state index in [1.165, 1.54) is 6.07 Å². The number of hydrogen-bond acceptors (Lipinski definition) is 4. The first-order valence-electron chi connectivity index (χ1n) is 10.7. The van der Waals surface area contributed by atoms with E-state index >= 15 is 0 Å². The zero-order valence-corrected chi connectivity index (χ0v) is 17.7. The van der Waals surface area contributed by atoms with Crippen molar-refractivity contribution >= 4 is 5.84 Å². The van der Waals surface area contributed by atoms with Crippen molar-refractivity contribution in [2.75, 3.05) is 0 Å². The van der Waals surface area contributed by atoms with Crippen LogP contribution in [-0.2, 0) is 0 Å². The van der Waals surface area contributed by atoms with Gasteiger partial charge in [0.25, 0.3) is 0 Å². The van der Waals surface area contributed by atoms with Crippen LogP contribution in [0.1, 0.15) is 34.6 Å². The monoisotopic (exact) mass is 432 g/mol. The predicted octanol–water partition coefficient (Wildman–Crippen LogP) is 5.70. The van der Waals surface area contributed by atoms with Gasteiger partial charge in [0.15, 0.2) is 0 Å². The van der Waals surface area contributed by atoms with Gasteiger partial charge in [-0.1, -0.05) is 84.9 Å². The number of rotatable bonds is 4. The minimum absolute atomic E-state index is 0.00641. The Hall–Kier alpha value is -4.27. The quantitative estimate of drug-likeness (QED) is 0.435. The number of nitriles is 1. The molecule has 160 valence electrons. The molecule has 0 amide bonds. The second-order valence-corrected chi connectivity index (χ2v) is 7.83. The van der Waals surface area contributed by atoms with E-state index in [1.54, 1.807) is 12.1 Å². The zero-order chi connectivity index (χ0) is 22.6. The third-order valence-electron chi connectivity index (χ3n) is 5.67. The average Bonchev–Trinajstić information content (AvgIpc) is 2.90. The lowest BCUT2D eigenvalue weighted by molar-refractivity contribution is 0.408. The van der Waals surface area contributed by atoms with Crippen LogP contribution in [-0.4, -0.2) is 5.84 Å². The summed E-state index contributed by atoms with van der Waals surface area (Å²) in [6.45, 7) is 0. The van der Waals surface area contributed by atoms with E-state index in [4.69, 9.17) is 4.99 Å². The highest BCUT2D eigenvalue weighted by Gasteiger charge is 2.26. The fraction of sp³-hybridized carbons (Fsp3) is 0.0714. The van der Waals surface area contributed by atoms with Crippen molar-refractivity contribution in [1.82, 2.24) is 10.6 Å². The third-order valence-corrected chi connectivity index (χ3v) is 5.67. The molecule has 5 rings (SSSR count). The van der Waals surface area contributed by atoms with E-state index in [2.05, 4.69) is 34.9 Å². The number of amidine groups is 1. The standard InChI is InChI=1S/C28H21FN4/c29-25-15-14-23(17-24(25)18-30)28-32-26(20-10-5-2-6-11-20)31-27(33-28)22-13-7-12-21(16-22)19-8-3-1-4-9-19/h1-17,26,28,32H,(H,31,33). The molecule has 33 heavy (non-hydrogen) atoms. The molecule has 2 N–H and O–H groups in total. The Morgan fingerprint density at radius 3 is 2.18 bits per heavy atom. The summed E-state index contributed by atoms with van der Waals surface area (Å²) in [7, 11) is 0. The van der Waals surface area contributed by atoms with Gasteiger partial charge in [0, 0.05) is 5.56 Å². The molecule has 0 fully saturated rings. The summed E-state index contributed by atoms with van der Waals surface area (Å²) in [6.07, 6.45) is -0.654. The van der Waals surface area contributed by atoms with Crippen LogP contribution in [0.4, 0.5) is 4.39 Å². The summed E-state index contributed by atoms with van der Waals surface area (Å²) < 4.78 is 13.9. The molecule has 5 heteroatoms. The molecule has 4 aromatic rings. The Labute approximate surface area is 192 Å². The Kier molecular flexibility index (Phi) is 5.67. The number of nitrogens with zero attached hydrogens (tertiary/aromatic N) is 2. The molecule has 4 nitrogen and oxygen atoms in total. The minimum atomic E-state index is -0.533. The molecule has 4 aromatic carbocycles. The number of benzene rings is 4. The third kappa shape index (κ3) is 4.38. The lowest BCUT2D eigenvalue weighted by Gasteiger charge is -2.32. The van der Waals surface area contributed by atoms with Crippen molar-refractivity contribution in [2.45, 2.75) is 12.3 Å². The van der Waals surface area contributed by atoms with E-state index in [0.717, 1.165) is 33.7 Å². The van der Waals surface area contributed by atoms with E-state index < -0.39 is 12.0 Å². The smallest absolute Gasteiger partial charge is 0.140 e. The van der Waals surface area contributed by atoms with Crippen LogP contribution >= 0.6 is 0 Å². The van der Waals surface area contributed by atoms with Gasteiger partial charge in [-0.2, -0.15) is 5.26 Å². The summed E-state index contributed by atoms with van der Waals surface area (Å²) in [5, 5.41) is 16.3. The van der Waals surface area contributed by atoms with Gasteiger partial charge in [-0.05, 0) is 40.5 Å².